The van der Waals surface area contributed by atoms with Crippen LogP contribution in [0.15, 0.2) is 12.3 Å². The number of aromatic nitrogens is 1. The molecule has 1 fully saturated rings. The van der Waals surface area contributed by atoms with Crippen molar-refractivity contribution in [3.8, 4) is 0 Å². The number of carbonyl (C=O) groups is 2. The normalized spacial score (nSPS) is 24.4. The number of pyridine rings is 1. The maximum Gasteiger partial charge on any atom is 0.254 e. The van der Waals surface area contributed by atoms with E-state index in [1.54, 1.807) is 5.32 Å². The molecule has 0 aliphatic heterocycles. The molecule has 1 aliphatic carbocycles. The van der Waals surface area contributed by atoms with Gasteiger partial charge in [0.15, 0.2) is 0 Å². The van der Waals surface area contributed by atoms with Crippen LogP contribution in [0.1, 0.15) is 20.9 Å². The molecule has 0 aromatic carbocycles. The Bertz CT molecular complexity index is 597. The summed E-state index contributed by atoms with van der Waals surface area (Å²) in [7, 11) is 0. The smallest absolute Gasteiger partial charge is 0.254 e. The van der Waals surface area contributed by atoms with Gasteiger partial charge in [0.2, 0.25) is 5.91 Å². The van der Waals surface area contributed by atoms with Crippen molar-refractivity contribution in [2.75, 3.05) is 12.3 Å². The van der Waals surface area contributed by atoms with Crippen LogP contribution >= 0.6 is 11.6 Å². The fourth-order valence-electron chi connectivity index (χ4n) is 1.39. The molecule has 2 atom stereocenters. The second-order valence-corrected chi connectivity index (χ2v) is 4.26. The van der Waals surface area contributed by atoms with Crippen LogP contribution in [0.4, 0.5) is 10.2 Å². The highest BCUT2D eigenvalue weighted by Gasteiger charge is 2.43. The molecule has 7 heteroatoms. The van der Waals surface area contributed by atoms with Crippen LogP contribution in [0, 0.1) is 5.92 Å². The van der Waals surface area contributed by atoms with Gasteiger partial charge in [-0.05, 0) is 6.42 Å². The quantitative estimate of drug-likeness (QED) is 0.875. The molecule has 0 saturated heterocycles. The Morgan fingerprint density at radius 1 is 1.67 bits per heavy atom. The molecule has 0 radical (unpaired) electrons. The third-order valence-electron chi connectivity index (χ3n) is 2.51. The number of nitrogens with zero attached hydrogens (tertiary/aromatic N) is 1. The maximum absolute atomic E-state index is 12.7. The number of hydrogen-bond donors (Lipinski definition) is 2. The summed E-state index contributed by atoms with van der Waals surface area (Å²) in [5.74, 6) is -2.03. The first kappa shape index (κ1) is 9.27. The maximum atomic E-state index is 12.7. The molecular weight excluding hydrogens is 261 g/mol. The zero-order chi connectivity index (χ0) is 15.8. The minimum absolute atomic E-state index is 0.0644. The fraction of sp³-hybridized carbons (Fsp3) is 0.364. The van der Waals surface area contributed by atoms with Crippen molar-refractivity contribution in [3.63, 3.8) is 0 Å². The third kappa shape index (κ3) is 2.59. The molecule has 0 unspecified atom stereocenters. The average Bonchev–Trinajstić information content (AvgIpc) is 3.04. The Labute approximate surface area is 112 Å². The Morgan fingerprint density at radius 3 is 2.94 bits per heavy atom. The SMILES string of the molecule is [2H]C([2H])([2H])NC(=O)c1cnc(NC(=O)[C@@H]2C[C@@H]2F)cc1Cl. The summed E-state index contributed by atoms with van der Waals surface area (Å²) in [5, 5.41) is 4.07. The minimum atomic E-state index is -2.64. The molecule has 2 amide bonds. The van der Waals surface area contributed by atoms with Gasteiger partial charge in [-0.25, -0.2) is 9.37 Å². The zero-order valence-electron chi connectivity index (χ0n) is 12.0. The molecule has 0 bridgehead atoms. The number of hydrogen-bond acceptors (Lipinski definition) is 3. The van der Waals surface area contributed by atoms with E-state index in [-0.39, 0.29) is 22.8 Å². The van der Waals surface area contributed by atoms with Gasteiger partial charge in [-0.3, -0.25) is 9.59 Å². The lowest BCUT2D eigenvalue weighted by molar-refractivity contribution is -0.117. The third-order valence-corrected chi connectivity index (χ3v) is 2.82. The predicted octanol–water partition coefficient (Wildman–Crippen LogP) is 1.39. The summed E-state index contributed by atoms with van der Waals surface area (Å²) < 4.78 is 33.5. The molecule has 1 aliphatic rings. The highest BCUT2D eigenvalue weighted by molar-refractivity contribution is 6.34. The molecular formula is C11H11ClFN3O2. The second-order valence-electron chi connectivity index (χ2n) is 3.85. The molecule has 1 aromatic rings. The van der Waals surface area contributed by atoms with Crippen LogP contribution in [0.25, 0.3) is 0 Å². The number of halogens is 2. The van der Waals surface area contributed by atoms with Crippen LogP contribution in [0.3, 0.4) is 0 Å². The summed E-state index contributed by atoms with van der Waals surface area (Å²) in [6.45, 7) is -2.64. The first-order valence-corrected chi connectivity index (χ1v) is 5.48. The molecule has 1 heterocycles. The van der Waals surface area contributed by atoms with Gasteiger partial charge >= 0.3 is 0 Å². The second kappa shape index (κ2) is 4.89. The van der Waals surface area contributed by atoms with Crippen molar-refractivity contribution in [3.05, 3.63) is 22.8 Å². The summed E-state index contributed by atoms with van der Waals surface area (Å²) in [6, 6.07) is 1.20. The van der Waals surface area contributed by atoms with Crippen LogP contribution in [0.5, 0.6) is 0 Å². The first-order valence-electron chi connectivity index (χ1n) is 6.60. The number of rotatable bonds is 3. The van der Waals surface area contributed by atoms with Gasteiger partial charge in [-0.2, -0.15) is 0 Å². The molecule has 5 nitrogen and oxygen atoms in total. The van der Waals surface area contributed by atoms with Gasteiger partial charge in [0, 0.05) is 23.4 Å². The van der Waals surface area contributed by atoms with Gasteiger partial charge in [-0.15, -0.1) is 0 Å². The highest BCUT2D eigenvalue weighted by Crippen LogP contribution is 2.34. The lowest BCUT2D eigenvalue weighted by atomic mass is 10.2. The van der Waals surface area contributed by atoms with Crippen molar-refractivity contribution in [2.24, 2.45) is 5.92 Å². The van der Waals surface area contributed by atoms with Crippen molar-refractivity contribution in [1.82, 2.24) is 10.3 Å². The van der Waals surface area contributed by atoms with Gasteiger partial charge in [-0.1, -0.05) is 11.6 Å². The first-order chi connectivity index (χ1) is 9.67. The van der Waals surface area contributed by atoms with E-state index in [1.165, 1.54) is 6.07 Å². The van der Waals surface area contributed by atoms with Crippen LogP contribution in [-0.2, 0) is 4.79 Å². The zero-order valence-corrected chi connectivity index (χ0v) is 9.79. The van der Waals surface area contributed by atoms with E-state index in [9.17, 15) is 14.0 Å². The Kier molecular flexibility index (Phi) is 2.52. The molecule has 18 heavy (non-hydrogen) atoms. The van der Waals surface area contributed by atoms with Crippen molar-refractivity contribution < 1.29 is 18.1 Å². The molecule has 2 N–H and O–H groups in total. The minimum Gasteiger partial charge on any atom is -0.355 e. The van der Waals surface area contributed by atoms with E-state index in [1.807, 2.05) is 0 Å². The molecule has 0 spiro atoms. The van der Waals surface area contributed by atoms with Gasteiger partial charge in [0.05, 0.1) is 16.5 Å². The topological polar surface area (TPSA) is 71.1 Å². The average molecular weight is 275 g/mol. The van der Waals surface area contributed by atoms with Crippen molar-refractivity contribution >= 4 is 29.2 Å². The monoisotopic (exact) mass is 274 g/mol. The highest BCUT2D eigenvalue weighted by atomic mass is 35.5. The van der Waals surface area contributed by atoms with Crippen LogP contribution in [-0.4, -0.2) is 29.9 Å². The molecule has 96 valence electrons. The number of carbonyl (C=O) groups excluding carboxylic acids is 2. The Balaban J connectivity index is 2.07. The molecule has 1 saturated carbocycles. The summed E-state index contributed by atoms with van der Waals surface area (Å²) >= 11 is 5.85. The summed E-state index contributed by atoms with van der Waals surface area (Å²) in [4.78, 5) is 26.9. The Hall–Kier alpha value is -1.69. The molecule has 2 rings (SSSR count). The largest absolute Gasteiger partial charge is 0.355 e. The van der Waals surface area contributed by atoms with E-state index >= 15 is 0 Å². The van der Waals surface area contributed by atoms with Gasteiger partial charge in [0.1, 0.15) is 12.0 Å². The van der Waals surface area contributed by atoms with Crippen molar-refractivity contribution in [1.29, 1.82) is 0 Å². The standard InChI is InChI=1S/C11H11ClFN3O2/c1-14-10(17)6-4-15-9(3-7(6)12)16-11(18)5-2-8(5)13/h3-5,8H,2H2,1H3,(H,14,17)(H,15,16,18)/t5-,8+/m1/s1/i1D3. The van der Waals surface area contributed by atoms with E-state index in [2.05, 4.69) is 10.3 Å². The summed E-state index contributed by atoms with van der Waals surface area (Å²) in [5.41, 5.74) is -0.138. The van der Waals surface area contributed by atoms with E-state index in [4.69, 9.17) is 15.7 Å². The van der Waals surface area contributed by atoms with E-state index in [0.717, 1.165) is 6.20 Å². The Morgan fingerprint density at radius 2 is 2.39 bits per heavy atom. The predicted molar refractivity (Wildman–Crippen MR) is 64.3 cm³/mol. The number of amides is 2. The number of anilines is 1. The lowest BCUT2D eigenvalue weighted by Gasteiger charge is -2.06. The number of alkyl halides is 1. The van der Waals surface area contributed by atoms with Gasteiger partial charge in [0.25, 0.3) is 5.91 Å². The van der Waals surface area contributed by atoms with Crippen molar-refractivity contribution in [2.45, 2.75) is 12.6 Å². The molecule has 1 aromatic heterocycles. The van der Waals surface area contributed by atoms with Crippen LogP contribution in [0.2, 0.25) is 5.02 Å². The lowest BCUT2D eigenvalue weighted by Crippen LogP contribution is -2.19. The van der Waals surface area contributed by atoms with E-state index in [0.29, 0.717) is 0 Å². The van der Waals surface area contributed by atoms with Gasteiger partial charge < -0.3 is 10.6 Å². The summed E-state index contributed by atoms with van der Waals surface area (Å²) in [6.07, 6.45) is 0.0853. The van der Waals surface area contributed by atoms with Crippen LogP contribution < -0.4 is 10.6 Å². The number of nitrogens with one attached hydrogen (secondary N) is 2. The van der Waals surface area contributed by atoms with E-state index < -0.39 is 30.9 Å². The fourth-order valence-corrected chi connectivity index (χ4v) is 1.63.